The third kappa shape index (κ3) is 2.75. The first kappa shape index (κ1) is 20.7. The van der Waals surface area contributed by atoms with E-state index in [0.717, 1.165) is 15.8 Å². The van der Waals surface area contributed by atoms with Gasteiger partial charge in [-0.3, -0.25) is 10.1 Å². The molecule has 1 spiro atoms. The molecule has 1 saturated heterocycles. The van der Waals surface area contributed by atoms with Crippen molar-refractivity contribution < 1.29 is 4.92 Å². The Labute approximate surface area is 182 Å². The number of allylic oxidation sites excluding steroid dienone is 3. The van der Waals surface area contributed by atoms with Gasteiger partial charge in [0.2, 0.25) is 0 Å². The quantitative estimate of drug-likeness (QED) is 0.387. The first-order valence-corrected chi connectivity index (χ1v) is 11.2. The first-order valence-electron chi connectivity index (χ1n) is 10.3. The van der Waals surface area contributed by atoms with E-state index in [1.807, 2.05) is 36.0 Å². The maximum Gasteiger partial charge on any atom is 0.277 e. The molecule has 2 heterocycles. The van der Waals surface area contributed by atoms with Crippen LogP contribution in [0.25, 0.3) is 16.8 Å². The van der Waals surface area contributed by atoms with E-state index in [4.69, 9.17) is 0 Å². The fourth-order valence-electron chi connectivity index (χ4n) is 4.97. The van der Waals surface area contributed by atoms with Crippen LogP contribution in [0.2, 0.25) is 0 Å². The van der Waals surface area contributed by atoms with Crippen LogP contribution in [0.5, 0.6) is 0 Å². The van der Waals surface area contributed by atoms with Gasteiger partial charge in [0.15, 0.2) is 0 Å². The molecule has 0 bridgehead atoms. The summed E-state index contributed by atoms with van der Waals surface area (Å²) >= 11 is 1.82. The van der Waals surface area contributed by atoms with Crippen LogP contribution in [0.4, 0.5) is 5.69 Å². The third-order valence-corrected chi connectivity index (χ3v) is 8.32. The van der Waals surface area contributed by atoms with Crippen molar-refractivity contribution in [3.8, 4) is 0 Å². The standard InChI is InChI=1S/C25H28N2O2S/c1-7-20-22(14-16(2)3)26(6)25(24(20,4)5)13-12-17-15-21(27(28)29)18-10-8-9-11-19(18)23(17)30-25/h7-16H,1-6H3/b20-7?,22-14+. The lowest BCUT2D eigenvalue weighted by molar-refractivity contribution is -0.383. The first-order chi connectivity index (χ1) is 14.1. The average molecular weight is 421 g/mol. The molecule has 30 heavy (non-hydrogen) atoms. The lowest BCUT2D eigenvalue weighted by Crippen LogP contribution is -2.46. The summed E-state index contributed by atoms with van der Waals surface area (Å²) in [7, 11) is 2.17. The maximum absolute atomic E-state index is 11.7. The number of benzene rings is 2. The molecule has 2 aromatic rings. The molecule has 2 aliphatic rings. The summed E-state index contributed by atoms with van der Waals surface area (Å²) < 4.78 is 0. The van der Waals surface area contributed by atoms with Gasteiger partial charge < -0.3 is 4.90 Å². The Balaban J connectivity index is 1.97. The van der Waals surface area contributed by atoms with Crippen LogP contribution in [0.3, 0.4) is 0 Å². The zero-order chi connectivity index (χ0) is 21.8. The van der Waals surface area contributed by atoms with Gasteiger partial charge in [-0.15, -0.1) is 0 Å². The van der Waals surface area contributed by atoms with Crippen molar-refractivity contribution >= 4 is 34.3 Å². The number of likely N-dealkylation sites (N-methyl/N-ethyl adjacent to an activating group) is 1. The van der Waals surface area contributed by atoms with Crippen LogP contribution in [0, 0.1) is 21.4 Å². The molecule has 5 heteroatoms. The second kappa shape index (κ2) is 7.02. The van der Waals surface area contributed by atoms with Gasteiger partial charge in [0.1, 0.15) is 4.87 Å². The second-order valence-corrected chi connectivity index (χ2v) is 10.2. The van der Waals surface area contributed by atoms with Crippen molar-refractivity contribution in [3.05, 3.63) is 75.5 Å². The van der Waals surface area contributed by atoms with Crippen molar-refractivity contribution in [1.82, 2.24) is 4.90 Å². The average Bonchev–Trinajstić information content (AvgIpc) is 2.84. The molecule has 0 N–H and O–H groups in total. The summed E-state index contributed by atoms with van der Waals surface area (Å²) in [6.45, 7) is 11.1. The number of thioether (sulfide) groups is 1. The van der Waals surface area contributed by atoms with E-state index < -0.39 is 0 Å². The second-order valence-electron chi connectivity index (χ2n) is 8.93. The lowest BCUT2D eigenvalue weighted by Gasteiger charge is -2.45. The molecule has 156 valence electrons. The molecule has 0 amide bonds. The highest BCUT2D eigenvalue weighted by atomic mass is 32.2. The zero-order valence-corrected chi connectivity index (χ0v) is 19.2. The monoisotopic (exact) mass is 420 g/mol. The van der Waals surface area contributed by atoms with Crippen LogP contribution < -0.4 is 0 Å². The topological polar surface area (TPSA) is 46.4 Å². The van der Waals surface area contributed by atoms with Crippen LogP contribution in [0.15, 0.2) is 64.7 Å². The molecule has 0 radical (unpaired) electrons. The van der Waals surface area contributed by atoms with E-state index in [-0.39, 0.29) is 20.9 Å². The molecule has 0 aliphatic carbocycles. The largest absolute Gasteiger partial charge is 0.356 e. The van der Waals surface area contributed by atoms with Crippen molar-refractivity contribution in [2.24, 2.45) is 11.3 Å². The van der Waals surface area contributed by atoms with Gasteiger partial charge in [-0.2, -0.15) is 0 Å². The fourth-order valence-corrected chi connectivity index (χ4v) is 6.55. The molecule has 1 atom stereocenters. The minimum absolute atomic E-state index is 0.140. The molecule has 2 aliphatic heterocycles. The van der Waals surface area contributed by atoms with Crippen molar-refractivity contribution in [1.29, 1.82) is 0 Å². The number of non-ortho nitro benzene ring substituents is 1. The smallest absolute Gasteiger partial charge is 0.277 e. The van der Waals surface area contributed by atoms with Crippen molar-refractivity contribution in [2.45, 2.75) is 44.4 Å². The van der Waals surface area contributed by atoms with Crippen LogP contribution in [0.1, 0.15) is 40.2 Å². The van der Waals surface area contributed by atoms with E-state index in [9.17, 15) is 10.1 Å². The Morgan fingerprint density at radius 2 is 1.87 bits per heavy atom. The Morgan fingerprint density at radius 3 is 2.47 bits per heavy atom. The number of fused-ring (bicyclic) bond motifs is 3. The van der Waals surface area contributed by atoms with Gasteiger partial charge in [-0.25, -0.2) is 0 Å². The van der Waals surface area contributed by atoms with Crippen molar-refractivity contribution in [2.75, 3.05) is 7.05 Å². The van der Waals surface area contributed by atoms with Gasteiger partial charge in [0.25, 0.3) is 5.69 Å². The van der Waals surface area contributed by atoms with Gasteiger partial charge in [0, 0.05) is 34.5 Å². The maximum atomic E-state index is 11.7. The van der Waals surface area contributed by atoms with E-state index in [1.165, 1.54) is 11.3 Å². The van der Waals surface area contributed by atoms with Gasteiger partial charge in [-0.1, -0.05) is 75.9 Å². The van der Waals surface area contributed by atoms with Crippen LogP contribution >= 0.6 is 11.8 Å². The normalized spacial score (nSPS) is 25.1. The summed E-state index contributed by atoms with van der Waals surface area (Å²) in [6, 6.07) is 9.41. The number of likely N-dealkylation sites (tertiary alicyclic amines) is 1. The molecular weight excluding hydrogens is 392 g/mol. The highest BCUT2D eigenvalue weighted by Crippen LogP contribution is 2.63. The molecule has 1 unspecified atom stereocenters. The number of rotatable bonds is 2. The molecule has 4 nitrogen and oxygen atoms in total. The van der Waals surface area contributed by atoms with E-state index in [0.29, 0.717) is 11.3 Å². The third-order valence-electron chi connectivity index (χ3n) is 6.43. The predicted octanol–water partition coefficient (Wildman–Crippen LogP) is 7.02. The summed E-state index contributed by atoms with van der Waals surface area (Å²) in [6.07, 6.45) is 8.89. The van der Waals surface area contributed by atoms with Gasteiger partial charge in [0.05, 0.1) is 10.3 Å². The summed E-state index contributed by atoms with van der Waals surface area (Å²) in [5, 5.41) is 13.3. The van der Waals surface area contributed by atoms with Crippen LogP contribution in [-0.4, -0.2) is 21.7 Å². The highest BCUT2D eigenvalue weighted by molar-refractivity contribution is 8.01. The highest BCUT2D eigenvalue weighted by Gasteiger charge is 2.57. The molecular formula is C25H28N2O2S. The van der Waals surface area contributed by atoms with Crippen LogP contribution in [-0.2, 0) is 0 Å². The summed E-state index contributed by atoms with van der Waals surface area (Å²) in [5.74, 6) is 0.441. The van der Waals surface area contributed by atoms with Gasteiger partial charge >= 0.3 is 0 Å². The Hall–Kier alpha value is -2.53. The van der Waals surface area contributed by atoms with E-state index in [1.54, 1.807) is 6.07 Å². The fraction of sp³-hybridized carbons (Fsp3) is 0.360. The summed E-state index contributed by atoms with van der Waals surface area (Å²) in [4.78, 5) is 14.6. The Kier molecular flexibility index (Phi) is 4.85. The Bertz CT molecular complexity index is 1140. The minimum Gasteiger partial charge on any atom is -0.356 e. The zero-order valence-electron chi connectivity index (χ0n) is 18.4. The molecule has 0 aromatic heterocycles. The number of nitro groups is 1. The van der Waals surface area contributed by atoms with E-state index in [2.05, 4.69) is 70.9 Å². The molecule has 1 fully saturated rings. The van der Waals surface area contributed by atoms with Gasteiger partial charge in [-0.05, 0) is 36.1 Å². The molecule has 0 saturated carbocycles. The number of hydrogen-bond acceptors (Lipinski definition) is 4. The Morgan fingerprint density at radius 1 is 1.20 bits per heavy atom. The summed E-state index contributed by atoms with van der Waals surface area (Å²) in [5.41, 5.74) is 3.55. The number of nitro benzene ring substituents is 1. The molecule has 4 rings (SSSR count). The minimum atomic E-state index is -0.304. The number of hydrogen-bond donors (Lipinski definition) is 0. The lowest BCUT2D eigenvalue weighted by atomic mass is 9.78. The predicted molar refractivity (Wildman–Crippen MR) is 126 cm³/mol. The molecule has 2 aromatic carbocycles. The van der Waals surface area contributed by atoms with E-state index >= 15 is 0 Å². The SMILES string of the molecule is CC=C1/C(=C\C(C)C)N(C)C2(C=Cc3cc([N+](=O)[O-])c4ccccc4c3S2)C1(C)C. The number of nitrogens with zero attached hydrogens (tertiary/aromatic N) is 2. The van der Waals surface area contributed by atoms with Crippen molar-refractivity contribution in [3.63, 3.8) is 0 Å².